The van der Waals surface area contributed by atoms with E-state index in [0.29, 0.717) is 49.8 Å². The third kappa shape index (κ3) is 6.31. The Hall–Kier alpha value is -4.34. The Bertz CT molecular complexity index is 1530. The molecule has 1 N–H and O–H groups in total. The number of furan rings is 1. The van der Waals surface area contributed by atoms with Crippen LogP contribution in [0.15, 0.2) is 76.2 Å². The molecule has 1 amide bonds. The van der Waals surface area contributed by atoms with Crippen LogP contribution in [-0.4, -0.2) is 24.2 Å². The number of nitrogens with zero attached hydrogens (tertiary/aromatic N) is 2. The molecule has 38 heavy (non-hydrogen) atoms. The van der Waals surface area contributed by atoms with Gasteiger partial charge in [-0.2, -0.15) is 5.10 Å². The molecule has 0 atom stereocenters. The average molecular weight is 554 g/mol. The van der Waals surface area contributed by atoms with E-state index in [-0.39, 0.29) is 12.3 Å². The number of rotatable bonds is 9. The number of carbonyl (C=O) groups is 1. The van der Waals surface area contributed by atoms with Gasteiger partial charge in [-0.1, -0.05) is 29.3 Å². The molecule has 0 aliphatic carbocycles. The first-order valence-electron chi connectivity index (χ1n) is 11.2. The predicted octanol–water partition coefficient (Wildman–Crippen LogP) is 6.82. The lowest BCUT2D eigenvalue weighted by Gasteiger charge is -2.12. The summed E-state index contributed by atoms with van der Waals surface area (Å²) in [6, 6.07) is 17.8. The molecule has 11 heteroatoms. The second kappa shape index (κ2) is 11.8. The maximum Gasteiger partial charge on any atom is 0.271 e. The van der Waals surface area contributed by atoms with Gasteiger partial charge >= 0.3 is 0 Å². The molecule has 1 aromatic heterocycles. The Morgan fingerprint density at radius 3 is 2.61 bits per heavy atom. The lowest BCUT2D eigenvalue weighted by Crippen LogP contribution is -2.17. The van der Waals surface area contributed by atoms with Gasteiger partial charge in [-0.05, 0) is 61.0 Å². The van der Waals surface area contributed by atoms with Crippen LogP contribution in [0.5, 0.6) is 11.5 Å². The molecule has 0 bridgehead atoms. The van der Waals surface area contributed by atoms with Gasteiger partial charge in [0.2, 0.25) is 0 Å². The highest BCUT2D eigenvalue weighted by atomic mass is 35.5. The summed E-state index contributed by atoms with van der Waals surface area (Å²) in [5.41, 5.74) is 4.91. The van der Waals surface area contributed by atoms with Crippen LogP contribution in [0.4, 0.5) is 5.69 Å². The number of nitrogens with one attached hydrogen (secondary N) is 1. The molecule has 0 saturated carbocycles. The number of hydrazone groups is 1. The molecule has 4 aromatic rings. The van der Waals surface area contributed by atoms with Gasteiger partial charge in [0.15, 0.2) is 11.5 Å². The van der Waals surface area contributed by atoms with E-state index in [2.05, 4.69) is 10.5 Å². The molecular formula is C27H21Cl2N3O6. The Balaban J connectivity index is 1.39. The summed E-state index contributed by atoms with van der Waals surface area (Å²) < 4.78 is 16.9. The second-order valence-corrected chi connectivity index (χ2v) is 8.89. The fourth-order valence-electron chi connectivity index (χ4n) is 3.55. The lowest BCUT2D eigenvalue weighted by atomic mass is 10.1. The standard InChI is InChI=1S/C27H21Cl2N3O6/c1-16-11-20(32(34)35)6-8-22(16)24-10-7-21(38-24)14-30-31-27(33)17-4-9-25(26(12-17)36-2)37-15-18-3-5-19(28)13-23(18)29/h3-14H,15H2,1-2H3,(H,31,33)/b30-14+. The lowest BCUT2D eigenvalue weighted by molar-refractivity contribution is -0.384. The quantitative estimate of drug-likeness (QED) is 0.138. The van der Waals surface area contributed by atoms with Crippen molar-refractivity contribution in [2.75, 3.05) is 7.11 Å². The summed E-state index contributed by atoms with van der Waals surface area (Å²) in [6.45, 7) is 1.95. The van der Waals surface area contributed by atoms with Crippen LogP contribution in [0.3, 0.4) is 0 Å². The van der Waals surface area contributed by atoms with Crippen molar-refractivity contribution in [3.8, 4) is 22.8 Å². The number of nitro benzene ring substituents is 1. The maximum atomic E-state index is 12.6. The number of methoxy groups -OCH3 is 1. The van der Waals surface area contributed by atoms with E-state index < -0.39 is 10.8 Å². The van der Waals surface area contributed by atoms with Crippen molar-refractivity contribution in [3.63, 3.8) is 0 Å². The van der Waals surface area contributed by atoms with Crippen molar-refractivity contribution in [2.24, 2.45) is 5.10 Å². The predicted molar refractivity (Wildman–Crippen MR) is 144 cm³/mol. The van der Waals surface area contributed by atoms with Gasteiger partial charge in [-0.25, -0.2) is 5.43 Å². The minimum Gasteiger partial charge on any atom is -0.493 e. The minimum atomic E-state index is -0.468. The van der Waals surface area contributed by atoms with Gasteiger partial charge < -0.3 is 13.9 Å². The fraction of sp³-hybridized carbons (Fsp3) is 0.111. The molecule has 0 aliphatic heterocycles. The number of ether oxygens (including phenoxy) is 2. The van der Waals surface area contributed by atoms with Gasteiger partial charge in [0.05, 0.1) is 18.2 Å². The Morgan fingerprint density at radius 2 is 1.89 bits per heavy atom. The summed E-state index contributed by atoms with van der Waals surface area (Å²) in [5.74, 6) is 1.24. The number of non-ortho nitro benzene ring substituents is 1. The molecule has 0 saturated heterocycles. The first-order valence-corrected chi connectivity index (χ1v) is 11.9. The number of hydrogen-bond acceptors (Lipinski definition) is 7. The van der Waals surface area contributed by atoms with Gasteiger partial charge in [0, 0.05) is 38.9 Å². The first-order chi connectivity index (χ1) is 18.2. The smallest absolute Gasteiger partial charge is 0.271 e. The largest absolute Gasteiger partial charge is 0.493 e. The normalized spacial score (nSPS) is 10.9. The van der Waals surface area contributed by atoms with Crippen LogP contribution in [0.25, 0.3) is 11.3 Å². The topological polar surface area (TPSA) is 116 Å². The monoisotopic (exact) mass is 553 g/mol. The van der Waals surface area contributed by atoms with Crippen LogP contribution in [0, 0.1) is 17.0 Å². The van der Waals surface area contributed by atoms with E-state index in [1.165, 1.54) is 31.5 Å². The Kier molecular flexibility index (Phi) is 8.30. The van der Waals surface area contributed by atoms with E-state index >= 15 is 0 Å². The highest BCUT2D eigenvalue weighted by Gasteiger charge is 2.14. The first kappa shape index (κ1) is 26.7. The van der Waals surface area contributed by atoms with Crippen LogP contribution < -0.4 is 14.9 Å². The molecule has 3 aromatic carbocycles. The molecule has 194 valence electrons. The molecular weight excluding hydrogens is 533 g/mol. The van der Waals surface area contributed by atoms with Gasteiger partial charge in [-0.3, -0.25) is 14.9 Å². The van der Waals surface area contributed by atoms with E-state index in [1.807, 2.05) is 0 Å². The third-order valence-corrected chi connectivity index (χ3v) is 6.08. The van der Waals surface area contributed by atoms with Crippen molar-refractivity contribution >= 4 is 41.0 Å². The van der Waals surface area contributed by atoms with Crippen molar-refractivity contribution in [3.05, 3.63) is 109 Å². The molecule has 4 rings (SSSR count). The maximum absolute atomic E-state index is 12.6. The molecule has 0 radical (unpaired) electrons. The minimum absolute atomic E-state index is 0.00415. The molecule has 0 fully saturated rings. The van der Waals surface area contributed by atoms with Gasteiger partial charge in [0.25, 0.3) is 11.6 Å². The van der Waals surface area contributed by atoms with E-state index in [9.17, 15) is 14.9 Å². The Labute approximate surface area is 227 Å². The van der Waals surface area contributed by atoms with Crippen molar-refractivity contribution in [1.82, 2.24) is 5.43 Å². The molecule has 0 unspecified atom stereocenters. The number of benzene rings is 3. The number of amides is 1. The summed E-state index contributed by atoms with van der Waals surface area (Å²) in [6.07, 6.45) is 1.35. The second-order valence-electron chi connectivity index (χ2n) is 8.05. The third-order valence-electron chi connectivity index (χ3n) is 5.50. The summed E-state index contributed by atoms with van der Waals surface area (Å²) in [4.78, 5) is 23.1. The van der Waals surface area contributed by atoms with Crippen molar-refractivity contribution < 1.29 is 23.6 Å². The van der Waals surface area contributed by atoms with E-state index in [4.69, 9.17) is 37.1 Å². The summed E-state index contributed by atoms with van der Waals surface area (Å²) in [7, 11) is 1.47. The molecule has 9 nitrogen and oxygen atoms in total. The zero-order valence-corrected chi connectivity index (χ0v) is 21.7. The van der Waals surface area contributed by atoms with Crippen molar-refractivity contribution in [2.45, 2.75) is 13.5 Å². The Morgan fingerprint density at radius 1 is 1.08 bits per heavy atom. The van der Waals surface area contributed by atoms with Crippen LogP contribution in [0.2, 0.25) is 10.0 Å². The van der Waals surface area contributed by atoms with Crippen LogP contribution in [0.1, 0.15) is 27.2 Å². The number of aryl methyl sites for hydroxylation is 1. The summed E-state index contributed by atoms with van der Waals surface area (Å²) >= 11 is 12.1. The highest BCUT2D eigenvalue weighted by Crippen LogP contribution is 2.31. The number of hydrogen-bond donors (Lipinski definition) is 1. The van der Waals surface area contributed by atoms with Crippen LogP contribution in [-0.2, 0) is 6.61 Å². The van der Waals surface area contributed by atoms with Gasteiger partial charge in [0.1, 0.15) is 18.1 Å². The zero-order chi connectivity index (χ0) is 27.2. The fourth-order valence-corrected chi connectivity index (χ4v) is 4.01. The molecule has 0 aliphatic rings. The molecule has 0 spiro atoms. The zero-order valence-electron chi connectivity index (χ0n) is 20.2. The molecule has 1 heterocycles. The number of nitro groups is 1. The van der Waals surface area contributed by atoms with E-state index in [0.717, 1.165) is 5.56 Å². The van der Waals surface area contributed by atoms with Gasteiger partial charge in [-0.15, -0.1) is 0 Å². The number of halogens is 2. The van der Waals surface area contributed by atoms with Crippen molar-refractivity contribution in [1.29, 1.82) is 0 Å². The number of carbonyl (C=O) groups excluding carboxylic acids is 1. The van der Waals surface area contributed by atoms with E-state index in [1.54, 1.807) is 55.5 Å². The highest BCUT2D eigenvalue weighted by molar-refractivity contribution is 6.35. The SMILES string of the molecule is COc1cc(C(=O)N/N=C/c2ccc(-c3ccc([N+](=O)[O-])cc3C)o2)ccc1OCc1ccc(Cl)cc1Cl. The van der Waals surface area contributed by atoms with Crippen LogP contribution >= 0.6 is 23.2 Å². The summed E-state index contributed by atoms with van der Waals surface area (Å²) in [5, 5.41) is 15.9. The average Bonchev–Trinajstić information content (AvgIpc) is 3.36.